The number of carbonyl (C=O) groups is 2. The van der Waals surface area contributed by atoms with E-state index >= 15 is 0 Å². The first kappa shape index (κ1) is 17.2. The summed E-state index contributed by atoms with van der Waals surface area (Å²) >= 11 is 6.67. The number of hydrogen-bond donors (Lipinski definition) is 4. The van der Waals surface area contributed by atoms with E-state index in [0.29, 0.717) is 22.1 Å². The summed E-state index contributed by atoms with van der Waals surface area (Å²) in [6, 6.07) is -0.241. The molecule has 1 fully saturated rings. The number of anilines is 1. The lowest BCUT2D eigenvalue weighted by Crippen LogP contribution is -2.57. The molecule has 1 aromatic rings. The quantitative estimate of drug-likeness (QED) is 0.610. The zero-order valence-electron chi connectivity index (χ0n) is 13.8. The summed E-state index contributed by atoms with van der Waals surface area (Å²) < 4.78 is 0. The van der Waals surface area contributed by atoms with Crippen molar-refractivity contribution >= 4 is 45.5 Å². The van der Waals surface area contributed by atoms with Crippen LogP contribution in [0.5, 0.6) is 0 Å². The van der Waals surface area contributed by atoms with Crippen molar-refractivity contribution in [2.24, 2.45) is 0 Å². The van der Waals surface area contributed by atoms with Gasteiger partial charge in [0, 0.05) is 18.0 Å². The summed E-state index contributed by atoms with van der Waals surface area (Å²) in [5.41, 5.74) is 1.73. The molecule has 1 saturated heterocycles. The van der Waals surface area contributed by atoms with Gasteiger partial charge in [0.1, 0.15) is 11.0 Å². The van der Waals surface area contributed by atoms with Gasteiger partial charge in [0.05, 0.1) is 5.56 Å². The molecule has 24 heavy (non-hydrogen) atoms. The predicted molar refractivity (Wildman–Crippen MR) is 99.7 cm³/mol. The molecule has 0 unspecified atom stereocenters. The lowest BCUT2D eigenvalue weighted by Gasteiger charge is -2.30. The molecule has 2 amide bonds. The zero-order chi connectivity index (χ0) is 17.3. The van der Waals surface area contributed by atoms with Crippen LogP contribution >= 0.6 is 23.6 Å². The summed E-state index contributed by atoms with van der Waals surface area (Å²) in [5, 5.41) is 12.9. The van der Waals surface area contributed by atoms with Crippen LogP contribution in [0.4, 0.5) is 5.00 Å². The fourth-order valence-electron chi connectivity index (χ4n) is 3.29. The highest BCUT2D eigenvalue weighted by molar-refractivity contribution is 7.80. The van der Waals surface area contributed by atoms with Crippen molar-refractivity contribution in [3.63, 3.8) is 0 Å². The van der Waals surface area contributed by atoms with Crippen LogP contribution in [-0.2, 0) is 17.6 Å². The molecule has 4 N–H and O–H groups in total. The molecule has 2 atom stereocenters. The smallest absolute Gasteiger partial charge is 0.254 e. The monoisotopic (exact) mass is 366 g/mol. The van der Waals surface area contributed by atoms with Crippen molar-refractivity contribution < 1.29 is 9.59 Å². The van der Waals surface area contributed by atoms with E-state index in [9.17, 15) is 9.59 Å². The largest absolute Gasteiger partial charge is 0.360 e. The van der Waals surface area contributed by atoms with Gasteiger partial charge >= 0.3 is 0 Å². The Hall–Kier alpha value is -1.67. The van der Waals surface area contributed by atoms with Crippen LogP contribution in [0.2, 0.25) is 0 Å². The minimum absolute atomic E-state index is 0.133. The topological polar surface area (TPSA) is 82.3 Å². The molecule has 2 heterocycles. The fraction of sp³-hybridized carbons (Fsp3) is 0.562. The van der Waals surface area contributed by atoms with E-state index in [0.717, 1.165) is 31.2 Å². The number of rotatable bonds is 3. The third kappa shape index (κ3) is 3.39. The molecule has 130 valence electrons. The van der Waals surface area contributed by atoms with Crippen molar-refractivity contribution in [2.75, 3.05) is 12.4 Å². The summed E-state index contributed by atoms with van der Waals surface area (Å²) in [4.78, 5) is 26.2. The third-order valence-electron chi connectivity index (χ3n) is 4.45. The van der Waals surface area contributed by atoms with Crippen molar-refractivity contribution in [1.29, 1.82) is 0 Å². The Balaban J connectivity index is 1.84. The Morgan fingerprint density at radius 3 is 2.71 bits per heavy atom. The van der Waals surface area contributed by atoms with E-state index in [-0.39, 0.29) is 23.9 Å². The molecule has 0 spiro atoms. The Bertz CT molecular complexity index is 686. The molecule has 0 aromatic carbocycles. The number of thiocarbonyl (C=S) groups is 1. The van der Waals surface area contributed by atoms with Crippen LogP contribution in [-0.4, -0.2) is 36.1 Å². The maximum atomic E-state index is 12.6. The second-order valence-electron chi connectivity index (χ2n) is 6.29. The van der Waals surface area contributed by atoms with E-state index in [4.69, 9.17) is 12.2 Å². The highest BCUT2D eigenvalue weighted by Crippen LogP contribution is 2.38. The Kier molecular flexibility index (Phi) is 5.05. The van der Waals surface area contributed by atoms with Gasteiger partial charge in [-0.3, -0.25) is 9.59 Å². The number of thiophene rings is 1. The Morgan fingerprint density at radius 1 is 1.25 bits per heavy atom. The van der Waals surface area contributed by atoms with Crippen LogP contribution in [0.25, 0.3) is 0 Å². The molecular formula is C16H22N4O2S2. The maximum absolute atomic E-state index is 12.6. The first-order chi connectivity index (χ1) is 11.5. The van der Waals surface area contributed by atoms with E-state index in [1.165, 1.54) is 16.2 Å². The van der Waals surface area contributed by atoms with Gasteiger partial charge in [-0.15, -0.1) is 11.3 Å². The molecule has 1 aliphatic carbocycles. The lowest BCUT2D eigenvalue weighted by atomic mass is 9.95. The summed E-state index contributed by atoms with van der Waals surface area (Å²) in [6.45, 7) is 1.99. The molecule has 0 bridgehead atoms. The summed E-state index contributed by atoms with van der Waals surface area (Å²) in [7, 11) is 1.62. The SMILES string of the molecule is CNC(=O)c1c(NC(=O)[C@@H]2C[C@@H](C)NC(=S)N2)sc2c1CCCC2. The molecular weight excluding hydrogens is 344 g/mol. The Morgan fingerprint density at radius 2 is 2.00 bits per heavy atom. The molecule has 0 radical (unpaired) electrons. The van der Waals surface area contributed by atoms with E-state index in [1.807, 2.05) is 6.92 Å². The van der Waals surface area contributed by atoms with Crippen LogP contribution in [0.1, 0.15) is 47.0 Å². The van der Waals surface area contributed by atoms with Crippen molar-refractivity contribution in [1.82, 2.24) is 16.0 Å². The van der Waals surface area contributed by atoms with Gasteiger partial charge in [-0.25, -0.2) is 0 Å². The number of aryl methyl sites for hydroxylation is 1. The normalized spacial score (nSPS) is 22.8. The second-order valence-corrected chi connectivity index (χ2v) is 7.80. The number of nitrogens with one attached hydrogen (secondary N) is 4. The number of carbonyl (C=O) groups excluding carboxylic acids is 2. The van der Waals surface area contributed by atoms with Crippen molar-refractivity contribution in [3.05, 3.63) is 16.0 Å². The molecule has 1 aromatic heterocycles. The van der Waals surface area contributed by atoms with Gasteiger partial charge in [-0.05, 0) is 56.8 Å². The molecule has 2 aliphatic rings. The maximum Gasteiger partial charge on any atom is 0.254 e. The molecule has 0 saturated carbocycles. The second kappa shape index (κ2) is 7.06. The van der Waals surface area contributed by atoms with E-state index in [1.54, 1.807) is 7.05 Å². The zero-order valence-corrected chi connectivity index (χ0v) is 15.5. The van der Waals surface area contributed by atoms with Gasteiger partial charge in [-0.2, -0.15) is 0 Å². The van der Waals surface area contributed by atoms with Crippen LogP contribution in [0, 0.1) is 0 Å². The highest BCUT2D eigenvalue weighted by Gasteiger charge is 2.30. The first-order valence-corrected chi connectivity index (χ1v) is 9.46. The summed E-state index contributed by atoms with van der Waals surface area (Å²) in [6.07, 6.45) is 4.74. The molecule has 8 heteroatoms. The minimum atomic E-state index is -0.384. The van der Waals surface area contributed by atoms with E-state index in [2.05, 4.69) is 21.3 Å². The van der Waals surface area contributed by atoms with Crippen molar-refractivity contribution in [2.45, 2.75) is 51.1 Å². The predicted octanol–water partition coefficient (Wildman–Crippen LogP) is 1.55. The molecule has 3 rings (SSSR count). The van der Waals surface area contributed by atoms with Gasteiger partial charge in [0.15, 0.2) is 5.11 Å². The van der Waals surface area contributed by atoms with Crippen molar-refractivity contribution in [3.8, 4) is 0 Å². The van der Waals surface area contributed by atoms with Crippen LogP contribution in [0.15, 0.2) is 0 Å². The van der Waals surface area contributed by atoms with Gasteiger partial charge in [0.2, 0.25) is 5.91 Å². The third-order valence-corrected chi connectivity index (χ3v) is 5.89. The van der Waals surface area contributed by atoms with Gasteiger partial charge in [0.25, 0.3) is 5.91 Å². The van der Waals surface area contributed by atoms with Crippen LogP contribution < -0.4 is 21.3 Å². The Labute approximate surface area is 150 Å². The number of amides is 2. The standard InChI is InChI=1S/C16H22N4O2S2/c1-8-7-10(19-16(23)18-8)13(21)20-15-12(14(22)17-2)9-5-3-4-6-11(9)24-15/h8,10H,3-7H2,1-2H3,(H,17,22)(H,20,21)(H2,18,19,23)/t8-,10+/m1/s1. The number of hydrogen-bond acceptors (Lipinski definition) is 4. The fourth-order valence-corrected chi connectivity index (χ4v) is 4.92. The number of fused-ring (bicyclic) bond motifs is 1. The average Bonchev–Trinajstić information content (AvgIpc) is 2.91. The van der Waals surface area contributed by atoms with E-state index < -0.39 is 0 Å². The van der Waals surface area contributed by atoms with Crippen LogP contribution in [0.3, 0.4) is 0 Å². The minimum Gasteiger partial charge on any atom is -0.360 e. The molecule has 6 nitrogen and oxygen atoms in total. The lowest BCUT2D eigenvalue weighted by molar-refractivity contribution is -0.118. The first-order valence-electron chi connectivity index (χ1n) is 8.24. The van der Waals surface area contributed by atoms with Gasteiger partial charge in [-0.1, -0.05) is 0 Å². The molecule has 1 aliphatic heterocycles. The highest BCUT2D eigenvalue weighted by atomic mass is 32.1. The summed E-state index contributed by atoms with van der Waals surface area (Å²) in [5.74, 6) is -0.277. The van der Waals surface area contributed by atoms with Gasteiger partial charge < -0.3 is 21.3 Å². The average molecular weight is 367 g/mol.